The second kappa shape index (κ2) is 15.0. The average Bonchev–Trinajstić information content (AvgIpc) is 3.06. The summed E-state index contributed by atoms with van der Waals surface area (Å²) in [6.45, 7) is 1.31. The van der Waals surface area contributed by atoms with Gasteiger partial charge in [0.25, 0.3) is 15.7 Å². The van der Waals surface area contributed by atoms with Crippen molar-refractivity contribution in [3.05, 3.63) is 130 Å². The van der Waals surface area contributed by atoms with Gasteiger partial charge < -0.3 is 15.0 Å². The number of rotatable bonds is 14. The zero-order valence-electron chi connectivity index (χ0n) is 24.9. The molecule has 4 aromatic rings. The third-order valence-electron chi connectivity index (χ3n) is 7.05. The quantitative estimate of drug-likeness (QED) is 0.159. The number of hydrogen-bond acceptors (Lipinski definition) is 7. The van der Waals surface area contributed by atoms with E-state index in [0.717, 1.165) is 15.9 Å². The minimum absolute atomic E-state index is 0.0428. The Morgan fingerprint density at radius 3 is 2.18 bits per heavy atom. The van der Waals surface area contributed by atoms with Crippen LogP contribution in [0.4, 0.5) is 11.4 Å². The first-order valence-corrected chi connectivity index (χ1v) is 15.6. The van der Waals surface area contributed by atoms with Crippen molar-refractivity contribution < 1.29 is 27.7 Å². The molecule has 4 aromatic carbocycles. The van der Waals surface area contributed by atoms with Crippen molar-refractivity contribution in [2.24, 2.45) is 0 Å². The Labute approximate surface area is 262 Å². The summed E-state index contributed by atoms with van der Waals surface area (Å²) in [4.78, 5) is 40.2. The Morgan fingerprint density at radius 1 is 0.889 bits per heavy atom. The number of ether oxygens (including phenoxy) is 1. The lowest BCUT2D eigenvalue weighted by molar-refractivity contribution is -0.384. The van der Waals surface area contributed by atoms with E-state index in [4.69, 9.17) is 4.74 Å². The maximum atomic E-state index is 14.4. The number of nitro benzene ring substituents is 1. The van der Waals surface area contributed by atoms with Gasteiger partial charge in [-0.25, -0.2) is 8.42 Å². The van der Waals surface area contributed by atoms with Crippen LogP contribution in [0.2, 0.25) is 0 Å². The molecule has 0 saturated heterocycles. The largest absolute Gasteiger partial charge is 0.497 e. The molecule has 4 rings (SSSR count). The van der Waals surface area contributed by atoms with E-state index >= 15 is 0 Å². The number of non-ortho nitro benzene ring substituents is 1. The zero-order chi connectivity index (χ0) is 32.4. The van der Waals surface area contributed by atoms with Crippen LogP contribution in [0.25, 0.3) is 0 Å². The van der Waals surface area contributed by atoms with Crippen molar-refractivity contribution in [2.45, 2.75) is 30.8 Å². The number of benzene rings is 4. The van der Waals surface area contributed by atoms with Crippen molar-refractivity contribution in [1.29, 1.82) is 0 Å². The molecule has 0 bridgehead atoms. The lowest BCUT2D eigenvalue weighted by Crippen LogP contribution is -2.53. The molecule has 0 aliphatic heterocycles. The van der Waals surface area contributed by atoms with Gasteiger partial charge in [-0.1, -0.05) is 66.7 Å². The maximum absolute atomic E-state index is 14.4. The van der Waals surface area contributed by atoms with Gasteiger partial charge >= 0.3 is 0 Å². The standard InChI is InChI=1S/C33H34N4O7S/c1-3-34-33(39)31(21-25-12-6-4-7-13-25)35(23-26-14-10-17-29(20-26)44-2)32(38)24-36(27-15-11-16-28(22-27)37(40)41)45(42,43)30-18-8-5-9-19-30/h4-20,22,31H,3,21,23-24H2,1-2H3,(H,34,39)/t31-/m0/s1. The molecule has 0 heterocycles. The van der Waals surface area contributed by atoms with E-state index in [1.807, 2.05) is 30.3 Å². The number of sulfonamides is 1. The van der Waals surface area contributed by atoms with Gasteiger partial charge in [0, 0.05) is 31.6 Å². The summed E-state index contributed by atoms with van der Waals surface area (Å²) >= 11 is 0. The molecule has 1 N–H and O–H groups in total. The molecule has 12 heteroatoms. The van der Waals surface area contributed by atoms with Crippen molar-refractivity contribution in [2.75, 3.05) is 24.5 Å². The SMILES string of the molecule is CCNC(=O)[C@H](Cc1ccccc1)N(Cc1cccc(OC)c1)C(=O)CN(c1cccc([N+](=O)[O-])c1)S(=O)(=O)c1ccccc1. The monoisotopic (exact) mass is 630 g/mol. The molecule has 45 heavy (non-hydrogen) atoms. The number of methoxy groups -OCH3 is 1. The Bertz CT molecular complexity index is 1730. The number of nitro groups is 1. The molecular formula is C33H34N4O7S. The zero-order valence-corrected chi connectivity index (χ0v) is 25.7. The van der Waals surface area contributed by atoms with E-state index in [-0.39, 0.29) is 29.2 Å². The first-order chi connectivity index (χ1) is 21.6. The van der Waals surface area contributed by atoms with E-state index in [9.17, 15) is 28.1 Å². The predicted octanol–water partition coefficient (Wildman–Crippen LogP) is 4.57. The molecule has 234 valence electrons. The highest BCUT2D eigenvalue weighted by molar-refractivity contribution is 7.92. The van der Waals surface area contributed by atoms with Gasteiger partial charge in [0.2, 0.25) is 11.8 Å². The lowest BCUT2D eigenvalue weighted by atomic mass is 10.0. The van der Waals surface area contributed by atoms with Gasteiger partial charge in [-0.2, -0.15) is 0 Å². The summed E-state index contributed by atoms with van der Waals surface area (Å²) < 4.78 is 34.2. The number of carbonyl (C=O) groups excluding carboxylic acids is 2. The number of nitrogens with one attached hydrogen (secondary N) is 1. The van der Waals surface area contributed by atoms with E-state index in [1.54, 1.807) is 49.4 Å². The summed E-state index contributed by atoms with van der Waals surface area (Å²) in [5, 5.41) is 14.4. The Morgan fingerprint density at radius 2 is 1.53 bits per heavy atom. The number of amides is 2. The van der Waals surface area contributed by atoms with Gasteiger partial charge in [-0.05, 0) is 48.4 Å². The third-order valence-corrected chi connectivity index (χ3v) is 8.84. The molecule has 0 aliphatic rings. The van der Waals surface area contributed by atoms with Gasteiger partial charge in [0.15, 0.2) is 0 Å². The predicted molar refractivity (Wildman–Crippen MR) is 170 cm³/mol. The normalized spacial score (nSPS) is 11.7. The third kappa shape index (κ3) is 8.24. The molecule has 11 nitrogen and oxygen atoms in total. The minimum Gasteiger partial charge on any atom is -0.497 e. The molecule has 0 unspecified atom stereocenters. The molecular weight excluding hydrogens is 596 g/mol. The van der Waals surface area contributed by atoms with Gasteiger partial charge in [0.05, 0.1) is 22.6 Å². The van der Waals surface area contributed by atoms with Crippen LogP contribution in [0.1, 0.15) is 18.1 Å². The highest BCUT2D eigenvalue weighted by Crippen LogP contribution is 2.28. The molecule has 0 spiro atoms. The van der Waals surface area contributed by atoms with Crippen LogP contribution in [-0.4, -0.2) is 56.3 Å². The smallest absolute Gasteiger partial charge is 0.271 e. The van der Waals surface area contributed by atoms with Gasteiger partial charge in [-0.3, -0.25) is 24.0 Å². The number of carbonyl (C=O) groups is 2. The topological polar surface area (TPSA) is 139 Å². The summed E-state index contributed by atoms with van der Waals surface area (Å²) in [5.74, 6) is -0.552. The first kappa shape index (κ1) is 32.7. The van der Waals surface area contributed by atoms with E-state index < -0.39 is 39.3 Å². The van der Waals surface area contributed by atoms with Crippen LogP contribution in [0.15, 0.2) is 114 Å². The van der Waals surface area contributed by atoms with Crippen LogP contribution in [-0.2, 0) is 32.6 Å². The summed E-state index contributed by atoms with van der Waals surface area (Å²) in [6.07, 6.45) is 0.157. The van der Waals surface area contributed by atoms with E-state index in [0.29, 0.717) is 17.9 Å². The molecule has 0 radical (unpaired) electrons. The van der Waals surface area contributed by atoms with Crippen molar-refractivity contribution in [1.82, 2.24) is 10.2 Å². The number of nitrogens with zero attached hydrogens (tertiary/aromatic N) is 3. The fourth-order valence-corrected chi connectivity index (χ4v) is 6.25. The van der Waals surface area contributed by atoms with Crippen molar-refractivity contribution in [3.8, 4) is 5.75 Å². The van der Waals surface area contributed by atoms with E-state index in [2.05, 4.69) is 5.32 Å². The molecule has 2 amide bonds. The van der Waals surface area contributed by atoms with Gasteiger partial charge in [-0.15, -0.1) is 0 Å². The molecule has 0 fully saturated rings. The fourth-order valence-electron chi connectivity index (χ4n) is 4.82. The first-order valence-electron chi connectivity index (χ1n) is 14.2. The van der Waals surface area contributed by atoms with Crippen LogP contribution in [0, 0.1) is 10.1 Å². The number of hydrogen-bond donors (Lipinski definition) is 1. The maximum Gasteiger partial charge on any atom is 0.271 e. The van der Waals surface area contributed by atoms with Crippen LogP contribution in [0.5, 0.6) is 5.75 Å². The van der Waals surface area contributed by atoms with Crippen molar-refractivity contribution >= 4 is 33.2 Å². The Kier molecular flexibility index (Phi) is 10.9. The average molecular weight is 631 g/mol. The van der Waals surface area contributed by atoms with Gasteiger partial charge in [0.1, 0.15) is 18.3 Å². The number of likely N-dealkylation sites (N-methyl/N-ethyl adjacent to an activating group) is 1. The molecule has 0 aliphatic carbocycles. The Hall–Kier alpha value is -5.23. The van der Waals surface area contributed by atoms with Crippen LogP contribution >= 0.6 is 0 Å². The molecule has 0 aromatic heterocycles. The summed E-state index contributed by atoms with van der Waals surface area (Å²) in [7, 11) is -2.87. The highest BCUT2D eigenvalue weighted by Gasteiger charge is 2.35. The van der Waals surface area contributed by atoms with Crippen LogP contribution < -0.4 is 14.4 Å². The fraction of sp³-hybridized carbons (Fsp3) is 0.212. The molecule has 1 atom stereocenters. The Balaban J connectivity index is 1.83. The lowest BCUT2D eigenvalue weighted by Gasteiger charge is -2.33. The van der Waals surface area contributed by atoms with Crippen molar-refractivity contribution in [3.63, 3.8) is 0 Å². The highest BCUT2D eigenvalue weighted by atomic mass is 32.2. The number of anilines is 1. The second-order valence-corrected chi connectivity index (χ2v) is 11.9. The minimum atomic E-state index is -4.38. The second-order valence-electron chi connectivity index (χ2n) is 10.1. The van der Waals surface area contributed by atoms with Crippen LogP contribution in [0.3, 0.4) is 0 Å². The summed E-state index contributed by atoms with van der Waals surface area (Å²) in [6, 6.07) is 27.8. The van der Waals surface area contributed by atoms with E-state index in [1.165, 1.54) is 42.3 Å². The molecule has 0 saturated carbocycles. The summed E-state index contributed by atoms with van der Waals surface area (Å²) in [5.41, 5.74) is 1.04.